The van der Waals surface area contributed by atoms with Gasteiger partial charge in [0.05, 0.1) is 39.0 Å². The third-order valence-electron chi connectivity index (χ3n) is 6.42. The zero-order valence-electron chi connectivity index (χ0n) is 21.9. The lowest BCUT2D eigenvalue weighted by Gasteiger charge is -2.13. The van der Waals surface area contributed by atoms with Crippen LogP contribution in [0.5, 0.6) is 5.75 Å². The van der Waals surface area contributed by atoms with Gasteiger partial charge < -0.3 is 15.0 Å². The van der Waals surface area contributed by atoms with Gasteiger partial charge in [0.15, 0.2) is 0 Å². The highest BCUT2D eigenvalue weighted by Gasteiger charge is 2.27. The molecule has 1 aliphatic rings. The first-order chi connectivity index (χ1) is 18.1. The molecule has 3 aromatic heterocycles. The topological polar surface area (TPSA) is 110 Å². The Balaban J connectivity index is 1.62. The number of carbonyl (C=O) groups is 1. The Morgan fingerprint density at radius 3 is 2.69 bits per heavy atom. The van der Waals surface area contributed by atoms with Gasteiger partial charge in [-0.3, -0.25) is 14.3 Å². The van der Waals surface area contributed by atoms with Crippen molar-refractivity contribution < 1.29 is 13.6 Å². The van der Waals surface area contributed by atoms with Crippen molar-refractivity contribution in [2.24, 2.45) is 18.7 Å². The maximum atomic E-state index is 14.1. The van der Waals surface area contributed by atoms with E-state index in [1.807, 2.05) is 23.9 Å². The van der Waals surface area contributed by atoms with Crippen LogP contribution in [0, 0.1) is 5.92 Å². The van der Waals surface area contributed by atoms with E-state index in [2.05, 4.69) is 10.2 Å². The molecule has 0 spiro atoms. The van der Waals surface area contributed by atoms with E-state index >= 15 is 0 Å². The van der Waals surface area contributed by atoms with Gasteiger partial charge in [-0.05, 0) is 54.7 Å². The number of rotatable bonds is 6. The molecule has 35 heavy (non-hydrogen) atoms. The molecule has 1 fully saturated rings. The molecule has 0 aliphatic heterocycles. The molecule has 6 rings (SSSR count). The quantitative estimate of drug-likeness (QED) is 0.409. The summed E-state index contributed by atoms with van der Waals surface area (Å²) >= 11 is 0. The van der Waals surface area contributed by atoms with Crippen molar-refractivity contribution in [3.63, 3.8) is 0 Å². The maximum absolute atomic E-state index is 14.1. The van der Waals surface area contributed by atoms with E-state index in [1.54, 1.807) is 35.1 Å². The van der Waals surface area contributed by atoms with E-state index in [1.165, 1.54) is 16.8 Å². The number of hydrogen-bond donors (Lipinski definition) is 1. The van der Waals surface area contributed by atoms with Crippen molar-refractivity contribution in [1.82, 2.24) is 24.1 Å². The van der Waals surface area contributed by atoms with Gasteiger partial charge in [-0.1, -0.05) is 12.1 Å². The van der Waals surface area contributed by atoms with Crippen molar-refractivity contribution in [1.29, 1.82) is 0 Å². The molecule has 1 saturated carbocycles. The van der Waals surface area contributed by atoms with Crippen LogP contribution in [0.4, 0.5) is 0 Å². The average molecular weight is 472 g/mol. The van der Waals surface area contributed by atoms with Gasteiger partial charge in [-0.15, -0.1) is 0 Å². The lowest BCUT2D eigenvalue weighted by atomic mass is 10.1. The number of primary amides is 1. The Morgan fingerprint density at radius 2 is 1.97 bits per heavy atom. The fraction of sp³-hybridized carbons (Fsp3) is 0.231. The van der Waals surface area contributed by atoms with E-state index in [-0.39, 0.29) is 11.3 Å². The molecule has 0 unspecified atom stereocenters. The first kappa shape index (κ1) is 18.0. The summed E-state index contributed by atoms with van der Waals surface area (Å²) < 4.78 is 31.9. The first-order valence-corrected chi connectivity index (χ1v) is 11.3. The zero-order valence-corrected chi connectivity index (χ0v) is 18.9. The molecule has 3 heterocycles. The Bertz CT molecular complexity index is 1780. The number of aromatic nitrogens is 5. The predicted octanol–water partition coefficient (Wildman–Crippen LogP) is 3.26. The summed E-state index contributed by atoms with van der Waals surface area (Å²) in [6, 6.07) is 11.6. The zero-order chi connectivity index (χ0) is 26.8. The molecule has 0 bridgehead atoms. The SMILES string of the molecule is [2H]C([2H])([2H])Oc1ccc(-c2c(=O)n(-c3ccc4nn(C)cc4c3)nc3c(C(N)=O)cn(CC4CC4)c23)cc1. The van der Waals surface area contributed by atoms with E-state index in [0.29, 0.717) is 40.3 Å². The Hall–Kier alpha value is -4.40. The molecule has 5 aromatic rings. The van der Waals surface area contributed by atoms with Crippen LogP contribution in [0.15, 0.2) is 59.7 Å². The summed E-state index contributed by atoms with van der Waals surface area (Å²) in [6.07, 6.45) is 5.64. The molecule has 0 radical (unpaired) electrons. The standard InChI is InChI=1S/C26H24N6O3/c1-30-13-17-11-18(7-10-21(17)28-30)32-26(34)22(16-5-8-19(35-2)9-6-16)24-23(29-32)20(25(27)33)14-31(24)12-15-3-4-15/h5-11,13-15H,3-4,12H2,1-2H3,(H2,27,33)/i2D3. The van der Waals surface area contributed by atoms with Crippen molar-refractivity contribution >= 4 is 27.8 Å². The van der Waals surface area contributed by atoms with Crippen molar-refractivity contribution in [2.75, 3.05) is 7.04 Å². The van der Waals surface area contributed by atoms with Gasteiger partial charge in [0, 0.05) is 31.4 Å². The number of fused-ring (bicyclic) bond motifs is 2. The fourth-order valence-corrected chi connectivity index (χ4v) is 4.56. The Labute approximate surface area is 204 Å². The minimum absolute atomic E-state index is 0.146. The van der Waals surface area contributed by atoms with Gasteiger partial charge in [-0.25, -0.2) is 0 Å². The number of carbonyl (C=O) groups excluding carboxylic acids is 1. The highest BCUT2D eigenvalue weighted by Crippen LogP contribution is 2.35. The van der Waals surface area contributed by atoms with Gasteiger partial charge in [0.1, 0.15) is 11.3 Å². The lowest BCUT2D eigenvalue weighted by Crippen LogP contribution is -2.24. The second-order valence-corrected chi connectivity index (χ2v) is 8.96. The minimum Gasteiger partial charge on any atom is -0.497 e. The number of aryl methyl sites for hydroxylation is 1. The van der Waals surface area contributed by atoms with Crippen molar-refractivity contribution in [3.05, 3.63) is 70.8 Å². The third-order valence-corrected chi connectivity index (χ3v) is 6.42. The normalized spacial score (nSPS) is 15.2. The van der Waals surface area contributed by atoms with E-state index in [9.17, 15) is 9.59 Å². The smallest absolute Gasteiger partial charge is 0.281 e. The number of nitrogens with zero attached hydrogens (tertiary/aromatic N) is 5. The number of nitrogens with two attached hydrogens (primary N) is 1. The minimum atomic E-state index is -2.60. The van der Waals surface area contributed by atoms with Crippen LogP contribution in [0.2, 0.25) is 0 Å². The van der Waals surface area contributed by atoms with Crippen LogP contribution >= 0.6 is 0 Å². The average Bonchev–Trinajstić information content (AvgIpc) is 3.47. The third kappa shape index (κ3) is 3.56. The van der Waals surface area contributed by atoms with Gasteiger partial charge in [0.2, 0.25) is 0 Å². The van der Waals surface area contributed by atoms with E-state index < -0.39 is 18.5 Å². The number of methoxy groups -OCH3 is 1. The molecule has 9 heteroatoms. The van der Waals surface area contributed by atoms with Gasteiger partial charge in [0.25, 0.3) is 11.5 Å². The highest BCUT2D eigenvalue weighted by molar-refractivity contribution is 6.07. The van der Waals surface area contributed by atoms with Gasteiger partial charge >= 0.3 is 0 Å². The van der Waals surface area contributed by atoms with Crippen LogP contribution in [-0.4, -0.2) is 37.1 Å². The summed E-state index contributed by atoms with van der Waals surface area (Å²) in [4.78, 5) is 26.6. The molecular weight excluding hydrogens is 444 g/mol. The number of hydrogen-bond acceptors (Lipinski definition) is 5. The second-order valence-electron chi connectivity index (χ2n) is 8.96. The fourth-order valence-electron chi connectivity index (χ4n) is 4.56. The van der Waals surface area contributed by atoms with Crippen molar-refractivity contribution in [2.45, 2.75) is 19.4 Å². The van der Waals surface area contributed by atoms with Gasteiger partial charge in [-0.2, -0.15) is 14.9 Å². The van der Waals surface area contributed by atoms with Crippen LogP contribution in [0.3, 0.4) is 0 Å². The molecule has 9 nitrogen and oxygen atoms in total. The molecular formula is C26H24N6O3. The Kier molecular flexibility index (Phi) is 4.03. The molecule has 1 aliphatic carbocycles. The number of benzene rings is 2. The first-order valence-electron chi connectivity index (χ1n) is 12.8. The second kappa shape index (κ2) is 7.83. The van der Waals surface area contributed by atoms with Crippen molar-refractivity contribution in [3.8, 4) is 22.6 Å². The largest absolute Gasteiger partial charge is 0.497 e. The molecule has 2 aromatic carbocycles. The highest BCUT2D eigenvalue weighted by atomic mass is 16.5. The number of ether oxygens (including phenoxy) is 1. The Morgan fingerprint density at radius 1 is 1.17 bits per heavy atom. The van der Waals surface area contributed by atoms with Crippen LogP contribution in [0.25, 0.3) is 38.8 Å². The predicted molar refractivity (Wildman–Crippen MR) is 133 cm³/mol. The summed E-state index contributed by atoms with van der Waals surface area (Å²) in [5, 5.41) is 9.85. The van der Waals surface area contributed by atoms with Crippen LogP contribution < -0.4 is 16.0 Å². The van der Waals surface area contributed by atoms with E-state index in [4.69, 9.17) is 14.6 Å². The molecule has 1 amide bonds. The summed E-state index contributed by atoms with van der Waals surface area (Å²) in [5.74, 6) is -0.0467. The molecule has 0 saturated heterocycles. The van der Waals surface area contributed by atoms with Crippen LogP contribution in [0.1, 0.15) is 27.3 Å². The summed E-state index contributed by atoms with van der Waals surface area (Å²) in [6.45, 7) is 0.629. The molecule has 0 atom stereocenters. The lowest BCUT2D eigenvalue weighted by molar-refractivity contribution is 0.100. The summed E-state index contributed by atoms with van der Waals surface area (Å²) in [5.41, 5.74) is 8.55. The number of amides is 1. The maximum Gasteiger partial charge on any atom is 0.281 e. The molecule has 2 N–H and O–H groups in total. The monoisotopic (exact) mass is 471 g/mol. The van der Waals surface area contributed by atoms with Crippen LogP contribution in [-0.2, 0) is 13.6 Å². The van der Waals surface area contributed by atoms with E-state index in [0.717, 1.165) is 23.7 Å². The molecule has 176 valence electrons. The summed E-state index contributed by atoms with van der Waals surface area (Å²) in [7, 11) is -0.784.